The minimum absolute atomic E-state index is 0.217. The second-order valence-electron chi connectivity index (χ2n) is 5.50. The summed E-state index contributed by atoms with van der Waals surface area (Å²) < 4.78 is 2.03. The van der Waals surface area contributed by atoms with E-state index in [4.69, 9.17) is 11.6 Å². The van der Waals surface area contributed by atoms with Crippen LogP contribution >= 0.6 is 11.6 Å². The third kappa shape index (κ3) is 2.82. The van der Waals surface area contributed by atoms with E-state index in [1.165, 1.54) is 0 Å². The van der Waals surface area contributed by atoms with Gasteiger partial charge in [0.2, 0.25) is 0 Å². The molecule has 0 bridgehead atoms. The number of nitrogens with zero attached hydrogens (tertiary/aromatic N) is 2. The molecule has 0 fully saturated rings. The van der Waals surface area contributed by atoms with Gasteiger partial charge in [0.1, 0.15) is 0 Å². The highest BCUT2D eigenvalue weighted by molar-refractivity contribution is 6.31. The molecule has 0 spiro atoms. The van der Waals surface area contributed by atoms with Gasteiger partial charge < -0.3 is 4.57 Å². The minimum atomic E-state index is -0.267. The molecule has 0 atom stereocenters. The number of benzene rings is 2. The summed E-state index contributed by atoms with van der Waals surface area (Å²) in [6.45, 7) is 2.56. The van der Waals surface area contributed by atoms with E-state index < -0.39 is 0 Å². The number of halogens is 1. The third-order valence-electron chi connectivity index (χ3n) is 4.00. The van der Waals surface area contributed by atoms with Gasteiger partial charge >= 0.3 is 0 Å². The van der Waals surface area contributed by atoms with Crippen LogP contribution in [0.2, 0.25) is 5.02 Å². The van der Waals surface area contributed by atoms with E-state index in [-0.39, 0.29) is 10.6 Å². The summed E-state index contributed by atoms with van der Waals surface area (Å²) in [5.41, 5.74) is 2.82. The van der Waals surface area contributed by atoms with Gasteiger partial charge in [-0.15, -0.1) is 0 Å². The van der Waals surface area contributed by atoms with Crippen LogP contribution in [0.25, 0.3) is 10.9 Å². The van der Waals surface area contributed by atoms with Gasteiger partial charge in [-0.05, 0) is 30.2 Å². The number of nitro groups is 1. The molecule has 0 amide bonds. The van der Waals surface area contributed by atoms with Crippen molar-refractivity contribution in [2.45, 2.75) is 26.3 Å². The summed E-state index contributed by atoms with van der Waals surface area (Å²) in [4.78, 5) is 11.3. The quantitative estimate of drug-likeness (QED) is 0.477. The zero-order chi connectivity index (χ0) is 16.4. The highest BCUT2D eigenvalue weighted by Gasteiger charge is 2.25. The average molecular weight is 329 g/mol. The fraction of sp³-hybridized carbons (Fsp3) is 0.222. The minimum Gasteiger partial charge on any atom is -0.334 e. The van der Waals surface area contributed by atoms with Crippen LogP contribution in [0.5, 0.6) is 0 Å². The smallest absolute Gasteiger partial charge is 0.297 e. The second-order valence-corrected chi connectivity index (χ2v) is 5.90. The molecule has 3 rings (SSSR count). The first kappa shape index (κ1) is 15.6. The van der Waals surface area contributed by atoms with Gasteiger partial charge in [-0.3, -0.25) is 10.1 Å². The first-order valence-electron chi connectivity index (χ1n) is 7.61. The Morgan fingerprint density at radius 1 is 1.13 bits per heavy atom. The fourth-order valence-electron chi connectivity index (χ4n) is 3.01. The Morgan fingerprint density at radius 2 is 1.83 bits per heavy atom. The molecule has 0 N–H and O–H groups in total. The van der Waals surface area contributed by atoms with Gasteiger partial charge in [-0.2, -0.15) is 0 Å². The normalized spacial score (nSPS) is 11.0. The maximum Gasteiger partial charge on any atom is 0.297 e. The first-order chi connectivity index (χ1) is 11.1. The highest BCUT2D eigenvalue weighted by atomic mass is 35.5. The molecule has 118 valence electrons. The zero-order valence-corrected chi connectivity index (χ0v) is 13.6. The van der Waals surface area contributed by atoms with Crippen molar-refractivity contribution in [3.8, 4) is 0 Å². The van der Waals surface area contributed by atoms with Crippen LogP contribution in [0.3, 0.4) is 0 Å². The molecule has 23 heavy (non-hydrogen) atoms. The summed E-state index contributed by atoms with van der Waals surface area (Å²) in [7, 11) is 0. The van der Waals surface area contributed by atoms with Crippen LogP contribution in [0.1, 0.15) is 24.6 Å². The Kier molecular flexibility index (Phi) is 4.35. The van der Waals surface area contributed by atoms with Crippen LogP contribution in [0.15, 0.2) is 48.5 Å². The summed E-state index contributed by atoms with van der Waals surface area (Å²) in [6, 6.07) is 15.1. The molecule has 0 aliphatic carbocycles. The Balaban J connectivity index is 2.24. The zero-order valence-electron chi connectivity index (χ0n) is 12.8. The Morgan fingerprint density at radius 3 is 2.52 bits per heavy atom. The first-order valence-corrected chi connectivity index (χ1v) is 7.99. The largest absolute Gasteiger partial charge is 0.334 e. The Labute approximate surface area is 139 Å². The topological polar surface area (TPSA) is 48.1 Å². The number of rotatable bonds is 5. The van der Waals surface area contributed by atoms with E-state index >= 15 is 0 Å². The molecular weight excluding hydrogens is 312 g/mol. The molecule has 0 unspecified atom stereocenters. The molecular formula is C18H17ClN2O2. The SMILES string of the molecule is CCCc1c([N+](=O)[O-])c2ccccc2n1Cc1ccccc1Cl. The molecule has 3 aromatic rings. The fourth-order valence-corrected chi connectivity index (χ4v) is 3.20. The number of fused-ring (bicyclic) bond motifs is 1. The molecule has 0 aliphatic heterocycles. The van der Waals surface area contributed by atoms with Crippen LogP contribution in [0.4, 0.5) is 5.69 Å². The summed E-state index contributed by atoms with van der Waals surface area (Å²) in [6.07, 6.45) is 1.51. The van der Waals surface area contributed by atoms with Gasteiger partial charge in [0.15, 0.2) is 0 Å². The Bertz CT molecular complexity index is 871. The van der Waals surface area contributed by atoms with Gasteiger partial charge in [-0.25, -0.2) is 0 Å². The van der Waals surface area contributed by atoms with E-state index in [0.717, 1.165) is 23.2 Å². The predicted molar refractivity (Wildman–Crippen MR) is 93.1 cm³/mol. The van der Waals surface area contributed by atoms with Crippen molar-refractivity contribution in [2.75, 3.05) is 0 Å². The van der Waals surface area contributed by atoms with E-state index in [9.17, 15) is 10.1 Å². The van der Waals surface area contributed by atoms with Crippen LogP contribution in [-0.4, -0.2) is 9.49 Å². The highest BCUT2D eigenvalue weighted by Crippen LogP contribution is 2.34. The van der Waals surface area contributed by atoms with E-state index in [2.05, 4.69) is 0 Å². The van der Waals surface area contributed by atoms with Crippen LogP contribution in [0, 0.1) is 10.1 Å². The van der Waals surface area contributed by atoms with Crippen molar-refractivity contribution in [1.29, 1.82) is 0 Å². The van der Waals surface area contributed by atoms with Crippen molar-refractivity contribution in [3.05, 3.63) is 74.9 Å². The average Bonchev–Trinajstić information content (AvgIpc) is 2.84. The maximum absolute atomic E-state index is 11.6. The van der Waals surface area contributed by atoms with Crippen LogP contribution in [-0.2, 0) is 13.0 Å². The van der Waals surface area contributed by atoms with Crippen molar-refractivity contribution in [3.63, 3.8) is 0 Å². The molecule has 0 saturated heterocycles. The summed E-state index contributed by atoms with van der Waals surface area (Å²) >= 11 is 6.28. The predicted octanol–water partition coefficient (Wildman–Crippen LogP) is 5.20. The van der Waals surface area contributed by atoms with Gasteiger partial charge in [0.05, 0.1) is 21.5 Å². The van der Waals surface area contributed by atoms with E-state index in [1.807, 2.05) is 60.0 Å². The number of hydrogen-bond acceptors (Lipinski definition) is 2. The van der Waals surface area contributed by atoms with Crippen molar-refractivity contribution in [2.24, 2.45) is 0 Å². The van der Waals surface area contributed by atoms with E-state index in [1.54, 1.807) is 0 Å². The maximum atomic E-state index is 11.6. The number of aromatic nitrogens is 1. The second kappa shape index (κ2) is 6.42. The lowest BCUT2D eigenvalue weighted by Crippen LogP contribution is -2.06. The molecule has 1 aromatic heterocycles. The van der Waals surface area contributed by atoms with E-state index in [0.29, 0.717) is 23.4 Å². The monoisotopic (exact) mass is 328 g/mol. The lowest BCUT2D eigenvalue weighted by molar-refractivity contribution is -0.383. The van der Waals surface area contributed by atoms with Crippen LogP contribution < -0.4 is 0 Å². The van der Waals surface area contributed by atoms with Gasteiger partial charge in [0, 0.05) is 11.6 Å². The lowest BCUT2D eigenvalue weighted by Gasteiger charge is -2.11. The number of para-hydroxylation sites is 1. The molecule has 2 aromatic carbocycles. The lowest BCUT2D eigenvalue weighted by atomic mass is 10.2. The van der Waals surface area contributed by atoms with Crippen molar-refractivity contribution in [1.82, 2.24) is 4.57 Å². The number of hydrogen-bond donors (Lipinski definition) is 0. The summed E-state index contributed by atoms with van der Waals surface area (Å²) in [5.74, 6) is 0. The molecule has 5 heteroatoms. The van der Waals surface area contributed by atoms with Crippen molar-refractivity contribution >= 4 is 28.2 Å². The molecule has 0 radical (unpaired) electrons. The van der Waals surface area contributed by atoms with Crippen molar-refractivity contribution < 1.29 is 4.92 Å². The molecule has 0 saturated carbocycles. The third-order valence-corrected chi connectivity index (χ3v) is 4.37. The van der Waals surface area contributed by atoms with Gasteiger partial charge in [0.25, 0.3) is 5.69 Å². The Hall–Kier alpha value is -2.33. The summed E-state index contributed by atoms with van der Waals surface area (Å²) in [5, 5.41) is 13.0. The molecule has 0 aliphatic rings. The molecule has 4 nitrogen and oxygen atoms in total. The molecule has 1 heterocycles. The van der Waals surface area contributed by atoms with Gasteiger partial charge in [-0.1, -0.05) is 55.3 Å². The standard InChI is InChI=1S/C18H17ClN2O2/c1-2-7-17-18(21(22)23)14-9-4-6-11-16(14)20(17)12-13-8-3-5-10-15(13)19/h3-6,8-11H,2,7,12H2,1H3.